The molecule has 0 spiro atoms. The number of halogens is 2. The molecule has 1 aliphatic heterocycles. The van der Waals surface area contributed by atoms with E-state index in [1.807, 2.05) is 6.07 Å². The molecule has 2 aromatic carbocycles. The van der Waals surface area contributed by atoms with Gasteiger partial charge >= 0.3 is 0 Å². The van der Waals surface area contributed by atoms with Gasteiger partial charge < -0.3 is 10.0 Å². The molecule has 0 saturated heterocycles. The van der Waals surface area contributed by atoms with E-state index in [0.29, 0.717) is 39.7 Å². The molecule has 1 N–H and O–H groups in total. The van der Waals surface area contributed by atoms with Crippen molar-refractivity contribution in [2.24, 2.45) is 17.3 Å². The van der Waals surface area contributed by atoms with Gasteiger partial charge in [-0.15, -0.1) is 0 Å². The maximum absolute atomic E-state index is 13.7. The lowest BCUT2D eigenvalue weighted by molar-refractivity contribution is -0.154. The molecule has 6 heteroatoms. The second kappa shape index (κ2) is 7.91. The Balaban J connectivity index is 1.77. The summed E-state index contributed by atoms with van der Waals surface area (Å²) in [5, 5.41) is 12.8. The first-order valence-electron chi connectivity index (χ1n) is 10.6. The topological polar surface area (TPSA) is 57.6 Å². The van der Waals surface area contributed by atoms with Crippen LogP contribution < -0.4 is 4.90 Å². The van der Waals surface area contributed by atoms with Crippen LogP contribution in [0.4, 0.5) is 5.69 Å². The smallest absolute Gasteiger partial charge is 0.264 e. The van der Waals surface area contributed by atoms with Crippen molar-refractivity contribution in [2.45, 2.75) is 52.2 Å². The number of fused-ring (bicyclic) bond motifs is 1. The monoisotopic (exact) mass is 459 g/mol. The van der Waals surface area contributed by atoms with Gasteiger partial charge in [-0.25, -0.2) is 0 Å². The highest BCUT2D eigenvalue weighted by molar-refractivity contribution is 6.36. The van der Waals surface area contributed by atoms with Gasteiger partial charge in [0.15, 0.2) is 5.60 Å². The molecule has 164 valence electrons. The Hall–Kier alpha value is -1.88. The van der Waals surface area contributed by atoms with E-state index in [0.717, 1.165) is 6.42 Å². The van der Waals surface area contributed by atoms with E-state index in [-0.39, 0.29) is 23.7 Å². The van der Waals surface area contributed by atoms with Crippen LogP contribution in [0.1, 0.15) is 51.2 Å². The van der Waals surface area contributed by atoms with Crippen molar-refractivity contribution in [3.8, 4) is 0 Å². The summed E-state index contributed by atoms with van der Waals surface area (Å²) >= 11 is 12.7. The number of anilines is 1. The van der Waals surface area contributed by atoms with Crippen molar-refractivity contribution in [1.29, 1.82) is 0 Å². The van der Waals surface area contributed by atoms with E-state index in [9.17, 15) is 14.7 Å². The first-order valence-corrected chi connectivity index (χ1v) is 11.4. The van der Waals surface area contributed by atoms with Crippen LogP contribution in [0.3, 0.4) is 0 Å². The molecule has 1 heterocycles. The van der Waals surface area contributed by atoms with Crippen LogP contribution in [-0.2, 0) is 21.7 Å². The summed E-state index contributed by atoms with van der Waals surface area (Å²) in [6.45, 7) is 6.56. The summed E-state index contributed by atoms with van der Waals surface area (Å²) in [6.07, 6.45) is 1.64. The Morgan fingerprint density at radius 3 is 2.35 bits per heavy atom. The predicted molar refractivity (Wildman–Crippen MR) is 123 cm³/mol. The summed E-state index contributed by atoms with van der Waals surface area (Å²) in [5.74, 6) is -1.07. The van der Waals surface area contributed by atoms with E-state index < -0.39 is 17.4 Å². The summed E-state index contributed by atoms with van der Waals surface area (Å²) in [6, 6.07) is 12.3. The molecular weight excluding hydrogens is 433 g/mol. The van der Waals surface area contributed by atoms with Crippen LogP contribution in [0.2, 0.25) is 10.0 Å². The molecule has 1 amide bonds. The van der Waals surface area contributed by atoms with Gasteiger partial charge in [0.1, 0.15) is 5.78 Å². The minimum atomic E-state index is -1.88. The number of hydrogen-bond acceptors (Lipinski definition) is 3. The third-order valence-corrected chi connectivity index (χ3v) is 7.64. The Morgan fingerprint density at radius 2 is 1.71 bits per heavy atom. The summed E-state index contributed by atoms with van der Waals surface area (Å²) in [7, 11) is 0. The third kappa shape index (κ3) is 3.69. The first kappa shape index (κ1) is 22.3. The molecule has 2 aromatic rings. The largest absolute Gasteiger partial charge is 0.375 e. The molecule has 0 radical (unpaired) electrons. The van der Waals surface area contributed by atoms with Crippen LogP contribution in [0.5, 0.6) is 0 Å². The van der Waals surface area contributed by atoms with E-state index in [1.54, 1.807) is 36.4 Å². The van der Waals surface area contributed by atoms with Crippen molar-refractivity contribution in [1.82, 2.24) is 0 Å². The number of aliphatic hydroxyl groups is 1. The summed E-state index contributed by atoms with van der Waals surface area (Å²) in [4.78, 5) is 28.3. The second-order valence-electron chi connectivity index (χ2n) is 9.73. The highest BCUT2D eigenvalue weighted by Crippen LogP contribution is 2.51. The Bertz CT molecular complexity index is 1030. The van der Waals surface area contributed by atoms with Gasteiger partial charge in [-0.05, 0) is 42.4 Å². The predicted octanol–water partition coefficient (Wildman–Crippen LogP) is 5.76. The van der Waals surface area contributed by atoms with Crippen molar-refractivity contribution in [3.63, 3.8) is 0 Å². The fourth-order valence-electron chi connectivity index (χ4n) is 5.01. The average molecular weight is 460 g/mol. The highest BCUT2D eigenvalue weighted by Gasteiger charge is 2.58. The maximum Gasteiger partial charge on any atom is 0.264 e. The fourth-order valence-corrected chi connectivity index (χ4v) is 5.53. The maximum atomic E-state index is 13.7. The molecule has 1 fully saturated rings. The van der Waals surface area contributed by atoms with E-state index in [1.165, 1.54) is 4.90 Å². The van der Waals surface area contributed by atoms with Gasteiger partial charge in [0.2, 0.25) is 0 Å². The van der Waals surface area contributed by atoms with Gasteiger partial charge in [-0.1, -0.05) is 68.2 Å². The minimum Gasteiger partial charge on any atom is -0.375 e. The van der Waals surface area contributed by atoms with Crippen molar-refractivity contribution in [3.05, 3.63) is 63.6 Å². The van der Waals surface area contributed by atoms with Crippen LogP contribution in [-0.4, -0.2) is 16.8 Å². The standard InChI is InChI=1S/C25H27Cl2NO3/c1-24(2,3)15-11-12-22(29)18(13-15)25(31)17-7-4-5-10-21(17)28(23(25)30)14-16-19(26)8-6-9-20(16)27/h4-10,15,18,31H,11-14H2,1-3H3. The molecular formula is C25H27Cl2NO3. The summed E-state index contributed by atoms with van der Waals surface area (Å²) in [5.41, 5.74) is -0.208. The number of amides is 1. The van der Waals surface area contributed by atoms with Crippen LogP contribution >= 0.6 is 23.2 Å². The highest BCUT2D eigenvalue weighted by atomic mass is 35.5. The fraction of sp³-hybridized carbons (Fsp3) is 0.440. The van der Waals surface area contributed by atoms with Gasteiger partial charge in [0, 0.05) is 27.6 Å². The Morgan fingerprint density at radius 1 is 1.06 bits per heavy atom. The van der Waals surface area contributed by atoms with E-state index in [2.05, 4.69) is 20.8 Å². The number of ketones is 1. The second-order valence-corrected chi connectivity index (χ2v) is 10.5. The molecule has 31 heavy (non-hydrogen) atoms. The lowest BCUT2D eigenvalue weighted by Crippen LogP contribution is -2.51. The van der Waals surface area contributed by atoms with Gasteiger partial charge in [-0.3, -0.25) is 9.59 Å². The molecule has 0 bridgehead atoms. The SMILES string of the molecule is CC(C)(C)C1CCC(=O)C(C2(O)C(=O)N(Cc3c(Cl)cccc3Cl)c3ccccc32)C1. The van der Waals surface area contributed by atoms with Crippen molar-refractivity contribution in [2.75, 3.05) is 4.90 Å². The molecule has 4 rings (SSSR count). The van der Waals surface area contributed by atoms with Gasteiger partial charge in [-0.2, -0.15) is 0 Å². The minimum absolute atomic E-state index is 0.0126. The first-order chi connectivity index (χ1) is 14.5. The third-order valence-electron chi connectivity index (χ3n) is 6.93. The van der Waals surface area contributed by atoms with Crippen molar-refractivity contribution < 1.29 is 14.7 Å². The number of nitrogens with zero attached hydrogens (tertiary/aromatic N) is 1. The zero-order valence-corrected chi connectivity index (χ0v) is 19.5. The van der Waals surface area contributed by atoms with E-state index >= 15 is 0 Å². The zero-order valence-electron chi connectivity index (χ0n) is 18.0. The number of benzene rings is 2. The van der Waals surface area contributed by atoms with Gasteiger partial charge in [0.25, 0.3) is 5.91 Å². The molecule has 4 nitrogen and oxygen atoms in total. The molecule has 0 aromatic heterocycles. The van der Waals surface area contributed by atoms with E-state index in [4.69, 9.17) is 23.2 Å². The molecule has 3 atom stereocenters. The average Bonchev–Trinajstić information content (AvgIpc) is 2.93. The van der Waals surface area contributed by atoms with Crippen molar-refractivity contribution >= 4 is 40.6 Å². The lowest BCUT2D eigenvalue weighted by atomic mass is 9.63. The summed E-state index contributed by atoms with van der Waals surface area (Å²) < 4.78 is 0. The molecule has 3 unspecified atom stereocenters. The molecule has 1 aliphatic carbocycles. The van der Waals surface area contributed by atoms with Crippen LogP contribution in [0.25, 0.3) is 0 Å². The number of hydrogen-bond donors (Lipinski definition) is 1. The normalized spacial score (nSPS) is 26.3. The van der Waals surface area contributed by atoms with Gasteiger partial charge in [0.05, 0.1) is 18.2 Å². The number of rotatable bonds is 3. The van der Waals surface area contributed by atoms with Crippen LogP contribution in [0.15, 0.2) is 42.5 Å². The number of carbonyl (C=O) groups excluding carboxylic acids is 2. The molecule has 2 aliphatic rings. The van der Waals surface area contributed by atoms with Crippen LogP contribution in [0, 0.1) is 17.3 Å². The number of para-hydroxylation sites is 1. The lowest BCUT2D eigenvalue weighted by Gasteiger charge is -2.41. The zero-order chi connectivity index (χ0) is 22.6. The number of Topliss-reactive ketones (excluding diaryl/α,β-unsaturated/α-hetero) is 1. The Labute approximate surface area is 193 Å². The molecule has 1 saturated carbocycles. The Kier molecular flexibility index (Phi) is 5.70. The quantitative estimate of drug-likeness (QED) is 0.634. The number of carbonyl (C=O) groups is 2.